The van der Waals surface area contributed by atoms with E-state index < -0.39 is 0 Å². The van der Waals surface area contributed by atoms with Gasteiger partial charge >= 0.3 is 5.97 Å². The van der Waals surface area contributed by atoms with Crippen molar-refractivity contribution in [3.63, 3.8) is 0 Å². The molecule has 2 aromatic rings. The van der Waals surface area contributed by atoms with Gasteiger partial charge in [0.1, 0.15) is 17.3 Å². The number of benzene rings is 1. The summed E-state index contributed by atoms with van der Waals surface area (Å²) in [6.45, 7) is 3.60. The summed E-state index contributed by atoms with van der Waals surface area (Å²) in [5.74, 6) is 1.41. The van der Waals surface area contributed by atoms with Crippen molar-refractivity contribution in [3.05, 3.63) is 59.6 Å². The van der Waals surface area contributed by atoms with Crippen molar-refractivity contribution in [1.29, 1.82) is 0 Å². The van der Waals surface area contributed by atoms with Gasteiger partial charge in [-0.15, -0.1) is 0 Å². The Labute approximate surface area is 178 Å². The molecule has 0 radical (unpaired) electrons. The molecule has 3 aliphatic heterocycles. The Morgan fingerprint density at radius 1 is 1.23 bits per heavy atom. The first-order valence-electron chi connectivity index (χ1n) is 9.90. The van der Waals surface area contributed by atoms with E-state index in [1.807, 2.05) is 32.3 Å². The molecule has 9 nitrogen and oxygen atoms in total. The fraction of sp³-hybridized carbons (Fsp3) is 0.227. The first-order valence-corrected chi connectivity index (χ1v) is 9.90. The van der Waals surface area contributed by atoms with E-state index in [-0.39, 0.29) is 5.97 Å². The number of carbonyl (C=O) groups is 1. The molecule has 1 aromatic heterocycles. The van der Waals surface area contributed by atoms with Crippen molar-refractivity contribution >= 4 is 17.5 Å². The third kappa shape index (κ3) is 3.33. The Kier molecular flexibility index (Phi) is 4.50. The minimum atomic E-state index is -0.357. The molecule has 0 spiro atoms. The topological polar surface area (TPSA) is 99.2 Å². The number of pyridine rings is 1. The van der Waals surface area contributed by atoms with Crippen LogP contribution in [-0.2, 0) is 18.3 Å². The summed E-state index contributed by atoms with van der Waals surface area (Å²) < 4.78 is 8.72. The Morgan fingerprint density at radius 3 is 2.87 bits per heavy atom. The maximum Gasteiger partial charge on any atom is 0.337 e. The zero-order valence-electron chi connectivity index (χ0n) is 17.5. The monoisotopic (exact) mass is 415 g/mol. The standard InChI is InChI=1S/C22H21N7O2/c1-13-4-5-14(21(30)31-3)8-17(13)18-9-15-10-24-22(26-16-11-25-28(2)12-16)27-19(15)29-7-6-23-20(18)29/h4-5,8-12,23H,6-7H2,1-3H3. The van der Waals surface area contributed by atoms with Gasteiger partial charge in [-0.25, -0.2) is 14.8 Å². The highest BCUT2D eigenvalue weighted by molar-refractivity contribution is 5.93. The molecule has 0 fully saturated rings. The van der Waals surface area contributed by atoms with Crippen molar-refractivity contribution in [2.75, 3.05) is 19.0 Å². The molecule has 0 bridgehead atoms. The van der Waals surface area contributed by atoms with Crippen molar-refractivity contribution in [2.24, 2.45) is 12.0 Å². The van der Waals surface area contributed by atoms with Gasteiger partial charge in [-0.2, -0.15) is 10.1 Å². The Balaban J connectivity index is 1.69. The van der Waals surface area contributed by atoms with Gasteiger partial charge in [-0.3, -0.25) is 4.68 Å². The zero-order valence-corrected chi connectivity index (χ0v) is 17.5. The average molecular weight is 415 g/mol. The molecule has 156 valence electrons. The number of aromatic nitrogens is 5. The highest BCUT2D eigenvalue weighted by Crippen LogP contribution is 2.38. The molecule has 4 heterocycles. The third-order valence-corrected chi connectivity index (χ3v) is 5.36. The molecule has 3 aliphatic rings. The number of carbonyl (C=O) groups excluding carboxylic acids is 1. The number of fused-ring (bicyclic) bond motifs is 3. The highest BCUT2D eigenvalue weighted by atomic mass is 16.5. The Morgan fingerprint density at radius 2 is 2.10 bits per heavy atom. The number of methoxy groups -OCH3 is 1. The van der Waals surface area contributed by atoms with Gasteiger partial charge in [0.2, 0.25) is 0 Å². The van der Waals surface area contributed by atoms with E-state index in [9.17, 15) is 4.79 Å². The van der Waals surface area contributed by atoms with Crippen LogP contribution in [0.1, 0.15) is 15.9 Å². The summed E-state index contributed by atoms with van der Waals surface area (Å²) in [4.78, 5) is 25.7. The molecule has 0 amide bonds. The molecule has 1 aromatic carbocycles. The van der Waals surface area contributed by atoms with E-state index in [0.29, 0.717) is 16.9 Å². The SMILES string of the molecule is COC(=O)c1ccc(C)c(-c2cc3cnc(=Nc4cnn(C)c4)nc-3n3c2NCC3)c1. The smallest absolute Gasteiger partial charge is 0.337 e. The summed E-state index contributed by atoms with van der Waals surface area (Å²) in [5, 5.41) is 7.60. The Bertz CT molecular complexity index is 1350. The van der Waals surface area contributed by atoms with Gasteiger partial charge < -0.3 is 14.6 Å². The van der Waals surface area contributed by atoms with E-state index in [1.54, 1.807) is 23.1 Å². The van der Waals surface area contributed by atoms with Gasteiger partial charge in [0.25, 0.3) is 5.62 Å². The van der Waals surface area contributed by atoms with Crippen LogP contribution < -0.4 is 10.9 Å². The van der Waals surface area contributed by atoms with E-state index >= 15 is 0 Å². The normalized spacial score (nSPS) is 13.3. The van der Waals surface area contributed by atoms with Crippen molar-refractivity contribution in [3.8, 4) is 22.5 Å². The van der Waals surface area contributed by atoms with Gasteiger partial charge in [-0.1, -0.05) is 6.07 Å². The van der Waals surface area contributed by atoms with Crippen LogP contribution in [0.5, 0.6) is 0 Å². The number of anilines is 1. The van der Waals surface area contributed by atoms with Crippen LogP contribution in [-0.4, -0.2) is 43.9 Å². The number of hydrogen-bond acceptors (Lipinski definition) is 7. The lowest BCUT2D eigenvalue weighted by molar-refractivity contribution is 0.0601. The minimum Gasteiger partial charge on any atom is -0.465 e. The minimum absolute atomic E-state index is 0.357. The lowest BCUT2D eigenvalue weighted by Gasteiger charge is -2.18. The number of aryl methyl sites for hydroxylation is 2. The lowest BCUT2D eigenvalue weighted by atomic mass is 9.97. The van der Waals surface area contributed by atoms with Crippen LogP contribution in [0.3, 0.4) is 0 Å². The summed E-state index contributed by atoms with van der Waals surface area (Å²) in [5.41, 5.74) is 5.53. The number of nitrogens with zero attached hydrogens (tertiary/aromatic N) is 6. The van der Waals surface area contributed by atoms with Gasteiger partial charge in [0.15, 0.2) is 0 Å². The first-order chi connectivity index (χ1) is 15.0. The number of nitrogens with one attached hydrogen (secondary N) is 1. The van der Waals surface area contributed by atoms with Gasteiger partial charge in [0, 0.05) is 37.5 Å². The summed E-state index contributed by atoms with van der Waals surface area (Å²) in [6, 6.07) is 7.64. The molecular formula is C22H21N7O2. The van der Waals surface area contributed by atoms with E-state index in [0.717, 1.165) is 47.0 Å². The quantitative estimate of drug-likeness (QED) is 0.516. The molecule has 0 aliphatic carbocycles. The van der Waals surface area contributed by atoms with Crippen LogP contribution in [0.25, 0.3) is 22.5 Å². The molecule has 31 heavy (non-hydrogen) atoms. The molecule has 0 unspecified atom stereocenters. The summed E-state index contributed by atoms with van der Waals surface area (Å²) >= 11 is 0. The maximum absolute atomic E-state index is 12.1. The summed E-state index contributed by atoms with van der Waals surface area (Å²) in [6.07, 6.45) is 5.27. The van der Waals surface area contributed by atoms with Crippen molar-refractivity contribution in [1.82, 2.24) is 24.3 Å². The van der Waals surface area contributed by atoms with E-state index in [1.165, 1.54) is 7.11 Å². The summed E-state index contributed by atoms with van der Waals surface area (Å²) in [7, 11) is 3.23. The van der Waals surface area contributed by atoms with Gasteiger partial charge in [-0.05, 0) is 36.2 Å². The lowest BCUT2D eigenvalue weighted by Crippen LogP contribution is -2.17. The van der Waals surface area contributed by atoms with Crippen LogP contribution in [0.15, 0.2) is 47.8 Å². The van der Waals surface area contributed by atoms with Crippen molar-refractivity contribution < 1.29 is 9.53 Å². The highest BCUT2D eigenvalue weighted by Gasteiger charge is 2.23. The number of esters is 1. The fourth-order valence-corrected chi connectivity index (χ4v) is 3.86. The second-order valence-electron chi connectivity index (χ2n) is 7.44. The molecule has 0 saturated heterocycles. The predicted octanol–water partition coefficient (Wildman–Crippen LogP) is 2.54. The molecule has 1 N–H and O–H groups in total. The number of rotatable bonds is 3. The van der Waals surface area contributed by atoms with Crippen LogP contribution in [0.2, 0.25) is 0 Å². The second kappa shape index (κ2) is 7.35. The average Bonchev–Trinajstić information content (AvgIpc) is 3.42. The number of hydrogen-bond donors (Lipinski definition) is 1. The fourth-order valence-electron chi connectivity index (χ4n) is 3.86. The van der Waals surface area contributed by atoms with Crippen LogP contribution in [0, 0.1) is 6.92 Å². The second-order valence-corrected chi connectivity index (χ2v) is 7.44. The molecule has 0 saturated carbocycles. The number of ether oxygens (including phenoxy) is 1. The molecule has 9 heteroatoms. The van der Waals surface area contributed by atoms with E-state index in [2.05, 4.69) is 31.0 Å². The van der Waals surface area contributed by atoms with Crippen LogP contribution in [0.4, 0.5) is 11.5 Å². The van der Waals surface area contributed by atoms with Crippen molar-refractivity contribution in [2.45, 2.75) is 13.5 Å². The van der Waals surface area contributed by atoms with Gasteiger partial charge in [0.05, 0.1) is 25.1 Å². The first kappa shape index (κ1) is 19.0. The maximum atomic E-state index is 12.1. The largest absolute Gasteiger partial charge is 0.465 e. The molecule has 0 atom stereocenters. The van der Waals surface area contributed by atoms with E-state index in [4.69, 9.17) is 9.72 Å². The van der Waals surface area contributed by atoms with Crippen LogP contribution >= 0.6 is 0 Å². The molecule has 5 rings (SSSR count). The zero-order chi connectivity index (χ0) is 21.5. The molecular weight excluding hydrogens is 394 g/mol. The third-order valence-electron chi connectivity index (χ3n) is 5.36. The Hall–Kier alpha value is -4.01. The predicted molar refractivity (Wildman–Crippen MR) is 115 cm³/mol.